The van der Waals surface area contributed by atoms with E-state index < -0.39 is 0 Å². The summed E-state index contributed by atoms with van der Waals surface area (Å²) >= 11 is 0. The molecule has 110 valence electrons. The van der Waals surface area contributed by atoms with Gasteiger partial charge >= 0.3 is 0 Å². The van der Waals surface area contributed by atoms with Crippen LogP contribution in [0.4, 0.5) is 0 Å². The Labute approximate surface area is 123 Å². The Kier molecular flexibility index (Phi) is 4.21. The van der Waals surface area contributed by atoms with Gasteiger partial charge in [-0.1, -0.05) is 44.2 Å². The van der Waals surface area contributed by atoms with E-state index in [0.29, 0.717) is 6.54 Å². The highest BCUT2D eigenvalue weighted by molar-refractivity contribution is 5.91. The molecule has 0 spiro atoms. The van der Waals surface area contributed by atoms with Crippen LogP contribution in [0.3, 0.4) is 0 Å². The maximum absolute atomic E-state index is 12.3. The standard InChI is InChI=1S/C16H19N3O2/c1-16(2,12-7-5-4-6-8-12)11-19(3)15(21)13-9-10-14(20)18-17-13/h4-10H,11H2,1-3H3,(H,18,20). The van der Waals surface area contributed by atoms with Crippen molar-refractivity contribution in [2.75, 3.05) is 13.6 Å². The molecule has 0 saturated carbocycles. The average Bonchev–Trinajstić information content (AvgIpc) is 2.48. The molecule has 1 amide bonds. The van der Waals surface area contributed by atoms with Crippen LogP contribution in [0.1, 0.15) is 29.9 Å². The van der Waals surface area contributed by atoms with Crippen LogP contribution < -0.4 is 5.56 Å². The summed E-state index contributed by atoms with van der Waals surface area (Å²) in [5.74, 6) is -0.213. The van der Waals surface area contributed by atoms with Gasteiger partial charge < -0.3 is 4.90 Å². The second-order valence-corrected chi connectivity index (χ2v) is 5.72. The first-order valence-electron chi connectivity index (χ1n) is 6.77. The molecule has 0 aliphatic carbocycles. The molecule has 0 fully saturated rings. The molecule has 2 aromatic rings. The lowest BCUT2D eigenvalue weighted by Crippen LogP contribution is -2.38. The number of hydrogen-bond acceptors (Lipinski definition) is 3. The molecule has 1 aromatic heterocycles. The quantitative estimate of drug-likeness (QED) is 0.931. The van der Waals surface area contributed by atoms with E-state index in [1.807, 2.05) is 18.2 Å². The summed E-state index contributed by atoms with van der Waals surface area (Å²) in [4.78, 5) is 24.9. The van der Waals surface area contributed by atoms with Crippen LogP contribution in [0.25, 0.3) is 0 Å². The SMILES string of the molecule is CN(CC(C)(C)c1ccccc1)C(=O)c1ccc(=O)[nH]n1. The summed E-state index contributed by atoms with van der Waals surface area (Å²) in [5.41, 5.74) is 0.910. The number of nitrogens with zero attached hydrogens (tertiary/aromatic N) is 2. The second kappa shape index (κ2) is 5.91. The predicted molar refractivity (Wildman–Crippen MR) is 81.3 cm³/mol. The van der Waals surface area contributed by atoms with Gasteiger partial charge in [0.15, 0.2) is 0 Å². The summed E-state index contributed by atoms with van der Waals surface area (Å²) < 4.78 is 0. The van der Waals surface area contributed by atoms with E-state index in [4.69, 9.17) is 0 Å². The van der Waals surface area contributed by atoms with Gasteiger partial charge in [0.05, 0.1) is 0 Å². The lowest BCUT2D eigenvalue weighted by atomic mass is 9.84. The van der Waals surface area contributed by atoms with E-state index in [9.17, 15) is 9.59 Å². The van der Waals surface area contributed by atoms with Gasteiger partial charge in [-0.3, -0.25) is 9.59 Å². The van der Waals surface area contributed by atoms with E-state index in [1.54, 1.807) is 11.9 Å². The Morgan fingerprint density at radius 1 is 1.19 bits per heavy atom. The average molecular weight is 285 g/mol. The van der Waals surface area contributed by atoms with Gasteiger partial charge in [-0.2, -0.15) is 5.10 Å². The number of nitrogens with one attached hydrogen (secondary N) is 1. The van der Waals surface area contributed by atoms with Gasteiger partial charge in [0, 0.05) is 25.1 Å². The minimum Gasteiger partial charge on any atom is -0.339 e. The third-order valence-corrected chi connectivity index (χ3v) is 3.43. The van der Waals surface area contributed by atoms with Crippen molar-refractivity contribution in [2.45, 2.75) is 19.3 Å². The van der Waals surface area contributed by atoms with Crippen LogP contribution in [0.5, 0.6) is 0 Å². The fourth-order valence-electron chi connectivity index (χ4n) is 2.30. The normalized spacial score (nSPS) is 11.2. The monoisotopic (exact) mass is 285 g/mol. The first-order valence-corrected chi connectivity index (χ1v) is 6.77. The van der Waals surface area contributed by atoms with Crippen LogP contribution in [-0.4, -0.2) is 34.6 Å². The molecule has 0 saturated heterocycles. The van der Waals surface area contributed by atoms with E-state index in [0.717, 1.165) is 0 Å². The Hall–Kier alpha value is -2.43. The van der Waals surface area contributed by atoms with Gasteiger partial charge in [0.2, 0.25) is 0 Å². The summed E-state index contributed by atoms with van der Waals surface area (Å²) in [7, 11) is 1.74. The molecule has 0 bridgehead atoms. The van der Waals surface area contributed by atoms with Crippen LogP contribution in [0, 0.1) is 0 Å². The number of likely N-dealkylation sites (N-methyl/N-ethyl adjacent to an activating group) is 1. The van der Waals surface area contributed by atoms with Crippen molar-refractivity contribution in [3.63, 3.8) is 0 Å². The third-order valence-electron chi connectivity index (χ3n) is 3.43. The van der Waals surface area contributed by atoms with Crippen molar-refractivity contribution in [3.05, 3.63) is 64.1 Å². The number of benzene rings is 1. The van der Waals surface area contributed by atoms with Gasteiger partial charge in [0.25, 0.3) is 11.5 Å². The molecule has 5 nitrogen and oxygen atoms in total. The Bertz CT molecular complexity index is 657. The minimum absolute atomic E-state index is 0.173. The van der Waals surface area contributed by atoms with Gasteiger partial charge in [-0.15, -0.1) is 0 Å². The zero-order valence-corrected chi connectivity index (χ0v) is 12.5. The number of aromatic amines is 1. The van der Waals surface area contributed by atoms with Crippen molar-refractivity contribution in [1.82, 2.24) is 15.1 Å². The molecule has 21 heavy (non-hydrogen) atoms. The van der Waals surface area contributed by atoms with E-state index in [-0.39, 0.29) is 22.6 Å². The van der Waals surface area contributed by atoms with Crippen LogP contribution >= 0.6 is 0 Å². The maximum atomic E-state index is 12.3. The number of rotatable bonds is 4. The largest absolute Gasteiger partial charge is 0.339 e. The summed E-state index contributed by atoms with van der Waals surface area (Å²) in [6.45, 7) is 4.73. The van der Waals surface area contributed by atoms with Crippen molar-refractivity contribution in [1.29, 1.82) is 0 Å². The summed E-state index contributed by atoms with van der Waals surface area (Å²) in [6.07, 6.45) is 0. The lowest BCUT2D eigenvalue weighted by Gasteiger charge is -2.30. The van der Waals surface area contributed by atoms with Crippen molar-refractivity contribution < 1.29 is 4.79 Å². The summed E-state index contributed by atoms with van der Waals surface area (Å²) in [5, 5.41) is 6.05. The number of hydrogen-bond donors (Lipinski definition) is 1. The second-order valence-electron chi connectivity index (χ2n) is 5.72. The molecule has 1 heterocycles. The predicted octanol–water partition coefficient (Wildman–Crippen LogP) is 1.82. The van der Waals surface area contributed by atoms with Gasteiger partial charge in [-0.25, -0.2) is 5.10 Å². The highest BCUT2D eigenvalue weighted by Crippen LogP contribution is 2.24. The van der Waals surface area contributed by atoms with Gasteiger partial charge in [-0.05, 0) is 11.6 Å². The molecule has 0 aliphatic heterocycles. The van der Waals surface area contributed by atoms with E-state index in [2.05, 4.69) is 36.2 Å². The maximum Gasteiger partial charge on any atom is 0.274 e. The number of aromatic nitrogens is 2. The van der Waals surface area contributed by atoms with Crippen LogP contribution in [0.2, 0.25) is 0 Å². The highest BCUT2D eigenvalue weighted by Gasteiger charge is 2.25. The number of carbonyl (C=O) groups excluding carboxylic acids is 1. The van der Waals surface area contributed by atoms with Crippen molar-refractivity contribution in [3.8, 4) is 0 Å². The Balaban J connectivity index is 2.13. The zero-order chi connectivity index (χ0) is 15.5. The molecule has 1 N–H and O–H groups in total. The molecule has 0 radical (unpaired) electrons. The Morgan fingerprint density at radius 2 is 1.86 bits per heavy atom. The smallest absolute Gasteiger partial charge is 0.274 e. The summed E-state index contributed by atoms with van der Waals surface area (Å²) in [6, 6.07) is 12.8. The molecule has 5 heteroatoms. The number of carbonyl (C=O) groups is 1. The lowest BCUT2D eigenvalue weighted by molar-refractivity contribution is 0.0760. The molecular weight excluding hydrogens is 266 g/mol. The van der Waals surface area contributed by atoms with Crippen LogP contribution in [-0.2, 0) is 5.41 Å². The molecule has 2 rings (SSSR count). The van der Waals surface area contributed by atoms with Crippen molar-refractivity contribution >= 4 is 5.91 Å². The first-order chi connectivity index (χ1) is 9.90. The minimum atomic E-state index is -0.321. The molecule has 0 aliphatic rings. The molecule has 1 aromatic carbocycles. The number of amides is 1. The fraction of sp³-hybridized carbons (Fsp3) is 0.312. The van der Waals surface area contributed by atoms with Gasteiger partial charge in [0.1, 0.15) is 5.69 Å². The first kappa shape index (κ1) is 15.0. The van der Waals surface area contributed by atoms with E-state index >= 15 is 0 Å². The third kappa shape index (κ3) is 3.56. The topological polar surface area (TPSA) is 66.1 Å². The Morgan fingerprint density at radius 3 is 2.43 bits per heavy atom. The van der Waals surface area contributed by atoms with Crippen LogP contribution in [0.15, 0.2) is 47.3 Å². The van der Waals surface area contributed by atoms with E-state index in [1.165, 1.54) is 17.7 Å². The fourth-order valence-corrected chi connectivity index (χ4v) is 2.30. The molecule has 0 unspecified atom stereocenters. The molecule has 0 atom stereocenters. The highest BCUT2D eigenvalue weighted by atomic mass is 16.2. The number of H-pyrrole nitrogens is 1. The molecular formula is C16H19N3O2. The van der Waals surface area contributed by atoms with Crippen molar-refractivity contribution in [2.24, 2.45) is 0 Å². The zero-order valence-electron chi connectivity index (χ0n) is 12.5.